The third kappa shape index (κ3) is 3.05. The quantitative estimate of drug-likeness (QED) is 0.803. The molecule has 0 heterocycles. The van der Waals surface area contributed by atoms with Crippen molar-refractivity contribution in [2.45, 2.75) is 44.2 Å². The highest BCUT2D eigenvalue weighted by molar-refractivity contribution is 5.32. The number of benzene rings is 1. The zero-order chi connectivity index (χ0) is 13.0. The van der Waals surface area contributed by atoms with Gasteiger partial charge in [0, 0.05) is 18.5 Å². The third-order valence-corrected chi connectivity index (χ3v) is 3.65. The minimum Gasteiger partial charge on any atom is -0.497 e. The molecule has 0 spiro atoms. The Kier molecular flexibility index (Phi) is 4.28. The van der Waals surface area contributed by atoms with Crippen LogP contribution in [0.4, 0.5) is 0 Å². The summed E-state index contributed by atoms with van der Waals surface area (Å²) in [5, 5.41) is 3.57. The van der Waals surface area contributed by atoms with Crippen LogP contribution in [-0.4, -0.2) is 19.2 Å². The highest BCUT2D eigenvalue weighted by Gasteiger charge is 2.30. The van der Waals surface area contributed by atoms with Gasteiger partial charge in [0.05, 0.1) is 7.11 Å². The number of ether oxygens (including phenoxy) is 1. The second kappa shape index (κ2) is 5.93. The molecule has 1 aliphatic rings. The monoisotopic (exact) mass is 243 g/mol. The molecular formula is C16H21NO. The van der Waals surface area contributed by atoms with Crippen LogP contribution in [0.1, 0.15) is 37.7 Å². The summed E-state index contributed by atoms with van der Waals surface area (Å²) in [5.74, 6) is 4.31. The van der Waals surface area contributed by atoms with Gasteiger partial charge < -0.3 is 10.1 Å². The summed E-state index contributed by atoms with van der Waals surface area (Å²) in [6.07, 6.45) is 8.51. The molecule has 0 aliphatic heterocycles. The molecule has 1 aliphatic carbocycles. The SMILES string of the molecule is C#CCC(C)NC1CC(c2cccc(OC)c2)C1. The molecule has 1 N–H and O–H groups in total. The Morgan fingerprint density at radius 2 is 2.28 bits per heavy atom. The second-order valence-corrected chi connectivity index (χ2v) is 5.12. The molecule has 0 saturated heterocycles. The molecule has 0 amide bonds. The number of rotatable bonds is 5. The molecule has 1 aromatic carbocycles. The summed E-state index contributed by atoms with van der Waals surface area (Å²) >= 11 is 0. The molecule has 2 nitrogen and oxygen atoms in total. The molecule has 1 fully saturated rings. The van der Waals surface area contributed by atoms with E-state index >= 15 is 0 Å². The van der Waals surface area contributed by atoms with Crippen LogP contribution in [-0.2, 0) is 0 Å². The van der Waals surface area contributed by atoms with E-state index in [2.05, 4.69) is 36.4 Å². The average Bonchev–Trinajstić information content (AvgIpc) is 2.33. The highest BCUT2D eigenvalue weighted by atomic mass is 16.5. The van der Waals surface area contributed by atoms with Crippen LogP contribution in [0.15, 0.2) is 24.3 Å². The Balaban J connectivity index is 1.83. The Morgan fingerprint density at radius 3 is 2.94 bits per heavy atom. The average molecular weight is 243 g/mol. The molecule has 2 rings (SSSR count). The lowest BCUT2D eigenvalue weighted by molar-refractivity contribution is 0.270. The summed E-state index contributed by atoms with van der Waals surface area (Å²) in [7, 11) is 1.71. The molecule has 2 heteroatoms. The zero-order valence-electron chi connectivity index (χ0n) is 11.1. The first kappa shape index (κ1) is 13.0. The predicted molar refractivity (Wildman–Crippen MR) is 74.8 cm³/mol. The third-order valence-electron chi connectivity index (χ3n) is 3.65. The number of methoxy groups -OCH3 is 1. The van der Waals surface area contributed by atoms with Crippen molar-refractivity contribution in [2.75, 3.05) is 7.11 Å². The minimum atomic E-state index is 0.422. The smallest absolute Gasteiger partial charge is 0.119 e. The number of nitrogens with one attached hydrogen (secondary N) is 1. The standard InChI is InChI=1S/C16H21NO/c1-4-6-12(2)17-15-9-14(10-15)13-7-5-8-16(11-13)18-3/h1,5,7-8,11-12,14-15,17H,6,9-10H2,2-3H3. The molecule has 1 saturated carbocycles. The molecule has 0 radical (unpaired) electrons. The number of hydrogen-bond donors (Lipinski definition) is 1. The van der Waals surface area contributed by atoms with E-state index in [1.807, 2.05) is 6.07 Å². The van der Waals surface area contributed by atoms with Gasteiger partial charge in [-0.1, -0.05) is 12.1 Å². The maximum Gasteiger partial charge on any atom is 0.119 e. The largest absolute Gasteiger partial charge is 0.497 e. The van der Waals surface area contributed by atoms with Crippen molar-refractivity contribution in [3.8, 4) is 18.1 Å². The van der Waals surface area contributed by atoms with Gasteiger partial charge in [-0.05, 0) is 43.4 Å². The molecule has 0 aromatic heterocycles. The van der Waals surface area contributed by atoms with Crippen LogP contribution in [0, 0.1) is 12.3 Å². The first-order valence-electron chi connectivity index (χ1n) is 6.56. The van der Waals surface area contributed by atoms with E-state index in [0.717, 1.165) is 12.2 Å². The van der Waals surface area contributed by atoms with Crippen molar-refractivity contribution in [3.05, 3.63) is 29.8 Å². The maximum absolute atomic E-state index is 5.31. The molecule has 1 aromatic rings. The molecule has 0 bridgehead atoms. The van der Waals surface area contributed by atoms with E-state index < -0.39 is 0 Å². The summed E-state index contributed by atoms with van der Waals surface area (Å²) in [6, 6.07) is 9.43. The van der Waals surface area contributed by atoms with Gasteiger partial charge in [-0.3, -0.25) is 0 Å². The van der Waals surface area contributed by atoms with Crippen LogP contribution in [0.3, 0.4) is 0 Å². The zero-order valence-corrected chi connectivity index (χ0v) is 11.1. The fraction of sp³-hybridized carbons (Fsp3) is 0.500. The minimum absolute atomic E-state index is 0.422. The lowest BCUT2D eigenvalue weighted by atomic mass is 9.75. The van der Waals surface area contributed by atoms with E-state index in [1.165, 1.54) is 18.4 Å². The van der Waals surface area contributed by atoms with Crippen molar-refractivity contribution in [3.63, 3.8) is 0 Å². The lowest BCUT2D eigenvalue weighted by Crippen LogP contribution is -2.44. The first-order chi connectivity index (χ1) is 8.72. The van der Waals surface area contributed by atoms with Crippen molar-refractivity contribution < 1.29 is 4.74 Å². The van der Waals surface area contributed by atoms with Crippen LogP contribution in [0.2, 0.25) is 0 Å². The maximum atomic E-state index is 5.31. The van der Waals surface area contributed by atoms with E-state index in [4.69, 9.17) is 11.2 Å². The van der Waals surface area contributed by atoms with Gasteiger partial charge in [0.2, 0.25) is 0 Å². The summed E-state index contributed by atoms with van der Waals surface area (Å²) < 4.78 is 5.26. The van der Waals surface area contributed by atoms with E-state index in [0.29, 0.717) is 18.0 Å². The molecule has 18 heavy (non-hydrogen) atoms. The van der Waals surface area contributed by atoms with Gasteiger partial charge in [0.1, 0.15) is 5.75 Å². The topological polar surface area (TPSA) is 21.3 Å². The van der Waals surface area contributed by atoms with E-state index in [9.17, 15) is 0 Å². The Labute approximate surface area is 110 Å². The summed E-state index contributed by atoms with van der Waals surface area (Å²) in [4.78, 5) is 0. The van der Waals surface area contributed by atoms with Crippen molar-refractivity contribution in [1.82, 2.24) is 5.32 Å². The van der Waals surface area contributed by atoms with E-state index in [-0.39, 0.29) is 0 Å². The van der Waals surface area contributed by atoms with Gasteiger partial charge in [-0.25, -0.2) is 0 Å². The van der Waals surface area contributed by atoms with Crippen LogP contribution in [0.5, 0.6) is 5.75 Å². The van der Waals surface area contributed by atoms with Gasteiger partial charge in [-0.15, -0.1) is 12.3 Å². The van der Waals surface area contributed by atoms with Crippen molar-refractivity contribution >= 4 is 0 Å². The van der Waals surface area contributed by atoms with Crippen molar-refractivity contribution in [1.29, 1.82) is 0 Å². The van der Waals surface area contributed by atoms with Crippen molar-refractivity contribution in [2.24, 2.45) is 0 Å². The van der Waals surface area contributed by atoms with E-state index in [1.54, 1.807) is 7.11 Å². The van der Waals surface area contributed by atoms with Crippen LogP contribution in [0.25, 0.3) is 0 Å². The van der Waals surface area contributed by atoms with Crippen LogP contribution >= 0.6 is 0 Å². The second-order valence-electron chi connectivity index (χ2n) is 5.12. The fourth-order valence-corrected chi connectivity index (χ4v) is 2.56. The molecular weight excluding hydrogens is 222 g/mol. The number of terminal acetylenes is 1. The molecule has 1 unspecified atom stereocenters. The molecule has 96 valence electrons. The van der Waals surface area contributed by atoms with Gasteiger partial charge in [0.15, 0.2) is 0 Å². The Morgan fingerprint density at radius 1 is 1.50 bits per heavy atom. The lowest BCUT2D eigenvalue weighted by Gasteiger charge is -2.38. The fourth-order valence-electron chi connectivity index (χ4n) is 2.56. The highest BCUT2D eigenvalue weighted by Crippen LogP contribution is 2.38. The predicted octanol–water partition coefficient (Wildman–Crippen LogP) is 2.94. The Hall–Kier alpha value is -1.46. The van der Waals surface area contributed by atoms with Crippen LogP contribution < -0.4 is 10.1 Å². The summed E-state index contributed by atoms with van der Waals surface area (Å²) in [6.45, 7) is 2.15. The van der Waals surface area contributed by atoms with Gasteiger partial charge in [-0.2, -0.15) is 0 Å². The van der Waals surface area contributed by atoms with Gasteiger partial charge >= 0.3 is 0 Å². The summed E-state index contributed by atoms with van der Waals surface area (Å²) in [5.41, 5.74) is 1.39. The van der Waals surface area contributed by atoms with Gasteiger partial charge in [0.25, 0.3) is 0 Å². The number of hydrogen-bond acceptors (Lipinski definition) is 2. The normalized spacial score (nSPS) is 23.8. The molecule has 1 atom stereocenters. The Bertz CT molecular complexity index is 429. The first-order valence-corrected chi connectivity index (χ1v) is 6.56.